The molecule has 0 aromatic rings. The number of fused-ring (bicyclic) bond motifs is 7. The molecule has 0 heterocycles. The molecular formula is C25H38O2. The summed E-state index contributed by atoms with van der Waals surface area (Å²) in [5.74, 6) is 3.41. The van der Waals surface area contributed by atoms with Crippen molar-refractivity contribution in [3.63, 3.8) is 0 Å². The first kappa shape index (κ1) is 18.4. The normalized spacial score (nSPS) is 54.2. The zero-order chi connectivity index (χ0) is 19.0. The molecule has 2 heteroatoms. The van der Waals surface area contributed by atoms with Crippen molar-refractivity contribution in [3.05, 3.63) is 11.6 Å². The second kappa shape index (κ2) is 5.94. The van der Waals surface area contributed by atoms with Gasteiger partial charge in [-0.25, -0.2) is 0 Å². The van der Waals surface area contributed by atoms with Gasteiger partial charge in [0, 0.05) is 5.41 Å². The van der Waals surface area contributed by atoms with Crippen LogP contribution >= 0.6 is 0 Å². The van der Waals surface area contributed by atoms with Gasteiger partial charge in [0.05, 0.1) is 6.10 Å². The van der Waals surface area contributed by atoms with Crippen LogP contribution < -0.4 is 0 Å². The molecule has 5 aliphatic rings. The molecule has 0 aromatic heterocycles. The number of aliphatic hydroxyl groups is 1. The SMILES string of the molecule is CC(=O)[C@@]12CCCC[C@@H]1C[C@H]1[C@@H]3CC=C4C[C@@H](O)CC[C@]4(C)[C@H]3CC[C@@]12C. The number of allylic oxidation sites excluding steroid dienone is 1. The third kappa shape index (κ3) is 2.20. The lowest BCUT2D eigenvalue weighted by molar-refractivity contribution is -0.147. The van der Waals surface area contributed by atoms with E-state index in [0.29, 0.717) is 17.1 Å². The van der Waals surface area contributed by atoms with Crippen LogP contribution in [0.25, 0.3) is 0 Å². The molecule has 0 saturated heterocycles. The molecule has 0 aromatic carbocycles. The largest absolute Gasteiger partial charge is 0.393 e. The Morgan fingerprint density at radius 1 is 1.07 bits per heavy atom. The lowest BCUT2D eigenvalue weighted by Crippen LogP contribution is -2.55. The Morgan fingerprint density at radius 3 is 2.67 bits per heavy atom. The summed E-state index contributed by atoms with van der Waals surface area (Å²) in [6.45, 7) is 6.94. The van der Waals surface area contributed by atoms with Crippen molar-refractivity contribution in [2.24, 2.45) is 39.9 Å². The van der Waals surface area contributed by atoms with Crippen molar-refractivity contribution in [1.29, 1.82) is 0 Å². The molecule has 0 unspecified atom stereocenters. The standard InChI is InChI=1S/C25H38O2/c1-16(26)25-11-5-4-6-18(25)15-22-20-8-7-17-14-19(27)9-12-23(17,2)21(20)10-13-24(22,25)3/h7,18-22,27H,4-6,8-15H2,1-3H3/t18-,19+,20-,21+,22+,23+,24+,25+/m1/s1. The molecule has 0 bridgehead atoms. The molecule has 0 spiro atoms. The van der Waals surface area contributed by atoms with Gasteiger partial charge >= 0.3 is 0 Å². The van der Waals surface area contributed by atoms with Crippen molar-refractivity contribution >= 4 is 5.78 Å². The van der Waals surface area contributed by atoms with E-state index >= 15 is 0 Å². The summed E-state index contributed by atoms with van der Waals surface area (Å²) < 4.78 is 0. The Labute approximate surface area is 165 Å². The van der Waals surface area contributed by atoms with E-state index in [1.165, 1.54) is 44.9 Å². The van der Waals surface area contributed by atoms with Gasteiger partial charge in [-0.2, -0.15) is 0 Å². The molecule has 0 amide bonds. The Balaban J connectivity index is 1.54. The molecule has 0 aliphatic heterocycles. The van der Waals surface area contributed by atoms with Crippen molar-refractivity contribution < 1.29 is 9.90 Å². The monoisotopic (exact) mass is 370 g/mol. The van der Waals surface area contributed by atoms with Crippen molar-refractivity contribution in [3.8, 4) is 0 Å². The number of rotatable bonds is 1. The Hall–Kier alpha value is -0.630. The summed E-state index contributed by atoms with van der Waals surface area (Å²) in [6, 6.07) is 0. The van der Waals surface area contributed by atoms with Gasteiger partial charge in [-0.3, -0.25) is 4.79 Å². The molecular weight excluding hydrogens is 332 g/mol. The average Bonchev–Trinajstić information content (AvgIpc) is 2.92. The number of ketones is 1. The zero-order valence-corrected chi connectivity index (χ0v) is 17.6. The van der Waals surface area contributed by atoms with Gasteiger partial charge in [-0.1, -0.05) is 38.3 Å². The predicted molar refractivity (Wildman–Crippen MR) is 108 cm³/mol. The van der Waals surface area contributed by atoms with Crippen LogP contribution in [-0.2, 0) is 4.79 Å². The van der Waals surface area contributed by atoms with Gasteiger partial charge in [0.2, 0.25) is 0 Å². The van der Waals surface area contributed by atoms with Gasteiger partial charge in [0.25, 0.3) is 0 Å². The second-order valence-corrected chi connectivity index (χ2v) is 11.3. The van der Waals surface area contributed by atoms with Crippen LogP contribution in [0.1, 0.15) is 91.4 Å². The topological polar surface area (TPSA) is 37.3 Å². The molecule has 4 saturated carbocycles. The highest BCUT2D eigenvalue weighted by molar-refractivity contribution is 5.84. The van der Waals surface area contributed by atoms with Gasteiger partial charge < -0.3 is 5.11 Å². The lowest BCUT2D eigenvalue weighted by Gasteiger charge is -2.60. The molecule has 150 valence electrons. The van der Waals surface area contributed by atoms with Gasteiger partial charge in [-0.05, 0) is 99.2 Å². The highest BCUT2D eigenvalue weighted by Gasteiger charge is 2.68. The quantitative estimate of drug-likeness (QED) is 0.602. The molecule has 0 radical (unpaired) electrons. The van der Waals surface area contributed by atoms with Crippen LogP contribution in [0.15, 0.2) is 11.6 Å². The summed E-state index contributed by atoms with van der Waals surface area (Å²) in [5.41, 5.74) is 2.07. The van der Waals surface area contributed by atoms with E-state index < -0.39 is 0 Å². The maximum atomic E-state index is 13.1. The van der Waals surface area contributed by atoms with Gasteiger partial charge in [-0.15, -0.1) is 0 Å². The fraction of sp³-hybridized carbons (Fsp3) is 0.880. The van der Waals surface area contributed by atoms with E-state index in [4.69, 9.17) is 0 Å². The minimum absolute atomic E-state index is 0.0193. The predicted octanol–water partition coefficient (Wildman–Crippen LogP) is 5.69. The second-order valence-electron chi connectivity index (χ2n) is 11.3. The van der Waals surface area contributed by atoms with Crippen LogP contribution in [0, 0.1) is 39.9 Å². The first-order chi connectivity index (χ1) is 12.8. The third-order valence-electron chi connectivity index (χ3n) is 10.7. The smallest absolute Gasteiger partial charge is 0.136 e. The minimum atomic E-state index is -0.120. The Kier molecular flexibility index (Phi) is 4.05. The maximum absolute atomic E-state index is 13.1. The number of Topliss-reactive ketones (excluding diaryl/α,β-unsaturated/α-hetero) is 1. The van der Waals surface area contributed by atoms with E-state index in [0.717, 1.165) is 43.4 Å². The van der Waals surface area contributed by atoms with E-state index in [-0.39, 0.29) is 16.9 Å². The fourth-order valence-electron chi connectivity index (χ4n) is 9.44. The van der Waals surface area contributed by atoms with Crippen LogP contribution in [0.4, 0.5) is 0 Å². The van der Waals surface area contributed by atoms with Crippen molar-refractivity contribution in [1.82, 2.24) is 0 Å². The average molecular weight is 371 g/mol. The highest BCUT2D eigenvalue weighted by Crippen LogP contribution is 2.73. The van der Waals surface area contributed by atoms with E-state index in [2.05, 4.69) is 19.9 Å². The molecule has 4 fully saturated rings. The summed E-state index contributed by atoms with van der Waals surface area (Å²) >= 11 is 0. The first-order valence-electron chi connectivity index (χ1n) is 11.7. The highest BCUT2D eigenvalue weighted by atomic mass is 16.3. The van der Waals surface area contributed by atoms with Crippen LogP contribution in [0.5, 0.6) is 0 Å². The summed E-state index contributed by atoms with van der Waals surface area (Å²) in [6.07, 6.45) is 15.5. The van der Waals surface area contributed by atoms with Crippen LogP contribution in [0.2, 0.25) is 0 Å². The number of hydrogen-bond donors (Lipinski definition) is 1. The van der Waals surface area contributed by atoms with E-state index in [1.807, 2.05) is 6.92 Å². The number of aliphatic hydroxyl groups excluding tert-OH is 1. The minimum Gasteiger partial charge on any atom is -0.393 e. The molecule has 1 N–H and O–H groups in total. The molecule has 5 rings (SSSR count). The van der Waals surface area contributed by atoms with Crippen LogP contribution in [0.3, 0.4) is 0 Å². The summed E-state index contributed by atoms with van der Waals surface area (Å²) in [4.78, 5) is 13.1. The Morgan fingerprint density at radius 2 is 1.89 bits per heavy atom. The van der Waals surface area contributed by atoms with Gasteiger partial charge in [0.15, 0.2) is 0 Å². The van der Waals surface area contributed by atoms with Crippen molar-refractivity contribution in [2.45, 2.75) is 97.5 Å². The Bertz CT molecular complexity index is 680. The van der Waals surface area contributed by atoms with Gasteiger partial charge in [0.1, 0.15) is 5.78 Å². The number of carbonyl (C=O) groups is 1. The summed E-state index contributed by atoms with van der Waals surface area (Å²) in [5, 5.41) is 10.2. The third-order valence-corrected chi connectivity index (χ3v) is 10.7. The van der Waals surface area contributed by atoms with E-state index in [9.17, 15) is 9.90 Å². The lowest BCUT2D eigenvalue weighted by atomic mass is 9.44. The maximum Gasteiger partial charge on any atom is 0.136 e. The molecule has 27 heavy (non-hydrogen) atoms. The fourth-order valence-corrected chi connectivity index (χ4v) is 9.44. The number of carbonyl (C=O) groups excluding carboxylic acids is 1. The van der Waals surface area contributed by atoms with Crippen molar-refractivity contribution in [2.75, 3.05) is 0 Å². The summed E-state index contributed by atoms with van der Waals surface area (Å²) in [7, 11) is 0. The number of hydrogen-bond acceptors (Lipinski definition) is 2. The molecule has 2 nitrogen and oxygen atoms in total. The van der Waals surface area contributed by atoms with E-state index in [1.54, 1.807) is 5.57 Å². The zero-order valence-electron chi connectivity index (χ0n) is 17.6. The molecule has 5 aliphatic carbocycles. The van der Waals surface area contributed by atoms with Crippen LogP contribution in [-0.4, -0.2) is 17.0 Å². The molecule has 8 atom stereocenters. The first-order valence-corrected chi connectivity index (χ1v) is 11.7.